The quantitative estimate of drug-likeness (QED) is 0.693. The van der Waals surface area contributed by atoms with Gasteiger partial charge in [-0.05, 0) is 44.4 Å². The van der Waals surface area contributed by atoms with Crippen molar-refractivity contribution in [2.75, 3.05) is 25.0 Å². The van der Waals surface area contributed by atoms with E-state index < -0.39 is 6.03 Å². The summed E-state index contributed by atoms with van der Waals surface area (Å²) >= 11 is 5.80. The molecule has 9 heteroatoms. The molecule has 8 nitrogen and oxygen atoms in total. The lowest BCUT2D eigenvalue weighted by Crippen LogP contribution is -2.49. The smallest absolute Gasteiger partial charge is 0.321 e. The van der Waals surface area contributed by atoms with Crippen molar-refractivity contribution in [3.8, 4) is 0 Å². The number of carbonyl (C=O) groups excluding carboxylic acids is 3. The maximum Gasteiger partial charge on any atom is 0.321 e. The van der Waals surface area contributed by atoms with Crippen LogP contribution in [0.4, 0.5) is 10.6 Å². The first-order valence-corrected chi connectivity index (χ1v) is 10.1. The number of rotatable bonds is 5. The van der Waals surface area contributed by atoms with Crippen LogP contribution < -0.4 is 16.0 Å². The number of carbonyl (C=O) groups is 3. The van der Waals surface area contributed by atoms with Gasteiger partial charge in [-0.2, -0.15) is 0 Å². The topological polar surface area (TPSA) is 103 Å². The molecule has 1 aromatic rings. The maximum absolute atomic E-state index is 12.5. The van der Waals surface area contributed by atoms with E-state index >= 15 is 0 Å². The van der Waals surface area contributed by atoms with Gasteiger partial charge in [-0.15, -0.1) is 0 Å². The normalized spacial score (nSPS) is 20.5. The van der Waals surface area contributed by atoms with Crippen molar-refractivity contribution in [2.45, 2.75) is 44.6 Å². The van der Waals surface area contributed by atoms with Crippen molar-refractivity contribution in [1.29, 1.82) is 0 Å². The van der Waals surface area contributed by atoms with Crippen LogP contribution in [0.1, 0.15) is 38.5 Å². The lowest BCUT2D eigenvalue weighted by molar-refractivity contribution is -0.125. The Hall–Kier alpha value is -2.19. The van der Waals surface area contributed by atoms with E-state index in [2.05, 4.69) is 20.9 Å². The van der Waals surface area contributed by atoms with Gasteiger partial charge in [0.15, 0.2) is 0 Å². The van der Waals surface area contributed by atoms with Gasteiger partial charge in [0.05, 0.1) is 17.5 Å². The highest BCUT2D eigenvalue weighted by Gasteiger charge is 2.27. The van der Waals surface area contributed by atoms with Crippen LogP contribution in [-0.2, 0) is 9.59 Å². The van der Waals surface area contributed by atoms with Crippen LogP contribution >= 0.6 is 11.6 Å². The summed E-state index contributed by atoms with van der Waals surface area (Å²) in [6, 6.07) is 3.05. The zero-order valence-electron chi connectivity index (χ0n) is 15.7. The highest BCUT2D eigenvalue weighted by Crippen LogP contribution is 2.19. The number of piperidine rings is 1. The van der Waals surface area contributed by atoms with Crippen LogP contribution in [-0.4, -0.2) is 53.4 Å². The van der Waals surface area contributed by atoms with Crippen molar-refractivity contribution < 1.29 is 14.4 Å². The van der Waals surface area contributed by atoms with Crippen LogP contribution in [0.15, 0.2) is 18.3 Å². The third kappa shape index (κ3) is 6.17. The fourth-order valence-corrected chi connectivity index (χ4v) is 3.86. The molecule has 0 bridgehead atoms. The van der Waals surface area contributed by atoms with Gasteiger partial charge in [0.1, 0.15) is 5.82 Å². The Morgan fingerprint density at radius 3 is 2.64 bits per heavy atom. The van der Waals surface area contributed by atoms with Gasteiger partial charge in [0.2, 0.25) is 11.8 Å². The standard InChI is InChI=1S/C19H26ClN5O3/c20-14-7-8-16(21-10-14)23-18(27)13-4-3-9-25(11-13)12-17(26)24-19(28)22-15-5-1-2-6-15/h7-8,10,13,15H,1-6,9,11-12H2,(H,21,23,27)(H2,22,24,26,28). The average molecular weight is 408 g/mol. The number of aromatic nitrogens is 1. The predicted molar refractivity (Wildman–Crippen MR) is 106 cm³/mol. The Kier molecular flexibility index (Phi) is 7.22. The number of urea groups is 1. The van der Waals surface area contributed by atoms with E-state index in [9.17, 15) is 14.4 Å². The van der Waals surface area contributed by atoms with Gasteiger partial charge in [-0.1, -0.05) is 24.4 Å². The number of hydrogen-bond donors (Lipinski definition) is 3. The number of hydrogen-bond acceptors (Lipinski definition) is 5. The van der Waals surface area contributed by atoms with Crippen molar-refractivity contribution in [2.24, 2.45) is 5.92 Å². The molecule has 1 unspecified atom stereocenters. The molecule has 1 atom stereocenters. The monoisotopic (exact) mass is 407 g/mol. The molecule has 28 heavy (non-hydrogen) atoms. The molecule has 0 aromatic carbocycles. The third-order valence-corrected chi connectivity index (χ3v) is 5.39. The lowest BCUT2D eigenvalue weighted by Gasteiger charge is -2.31. The molecule has 2 aliphatic rings. The summed E-state index contributed by atoms with van der Waals surface area (Å²) in [7, 11) is 0. The maximum atomic E-state index is 12.5. The SMILES string of the molecule is O=C(CN1CCCC(C(=O)Nc2ccc(Cl)cn2)C1)NC(=O)NC1CCCC1. The predicted octanol–water partition coefficient (Wildman–Crippen LogP) is 2.15. The molecule has 0 spiro atoms. The van der Waals surface area contributed by atoms with Crippen molar-refractivity contribution in [1.82, 2.24) is 20.5 Å². The average Bonchev–Trinajstić information content (AvgIpc) is 3.16. The zero-order chi connectivity index (χ0) is 19.9. The number of halogens is 1. The number of amides is 4. The van der Waals surface area contributed by atoms with Gasteiger partial charge >= 0.3 is 6.03 Å². The van der Waals surface area contributed by atoms with E-state index in [0.29, 0.717) is 17.4 Å². The fraction of sp³-hybridized carbons (Fsp3) is 0.579. The Balaban J connectivity index is 1.43. The van der Waals surface area contributed by atoms with Crippen molar-refractivity contribution in [3.63, 3.8) is 0 Å². The summed E-state index contributed by atoms with van der Waals surface area (Å²) in [4.78, 5) is 42.5. The van der Waals surface area contributed by atoms with E-state index in [0.717, 1.165) is 45.1 Å². The Bertz CT molecular complexity index is 706. The minimum Gasteiger partial charge on any atom is -0.335 e. The van der Waals surface area contributed by atoms with Crippen molar-refractivity contribution in [3.05, 3.63) is 23.4 Å². The molecule has 1 aromatic heterocycles. The molecule has 4 amide bonds. The molecule has 2 heterocycles. The summed E-state index contributed by atoms with van der Waals surface area (Å²) in [6.45, 7) is 1.29. The van der Waals surface area contributed by atoms with Crippen LogP contribution in [0, 0.1) is 5.92 Å². The van der Waals surface area contributed by atoms with Gasteiger partial charge in [0.25, 0.3) is 0 Å². The van der Waals surface area contributed by atoms with Gasteiger partial charge in [-0.3, -0.25) is 19.8 Å². The molecule has 1 aliphatic heterocycles. The number of likely N-dealkylation sites (tertiary alicyclic amines) is 1. The number of pyridine rings is 1. The summed E-state index contributed by atoms with van der Waals surface area (Å²) in [5, 5.41) is 8.51. The van der Waals surface area contributed by atoms with Crippen LogP contribution in [0.2, 0.25) is 5.02 Å². The minimum absolute atomic E-state index is 0.0983. The first-order valence-electron chi connectivity index (χ1n) is 9.75. The number of imide groups is 1. The largest absolute Gasteiger partial charge is 0.335 e. The molecule has 0 radical (unpaired) electrons. The van der Waals surface area contributed by atoms with Gasteiger partial charge in [0, 0.05) is 18.8 Å². The fourth-order valence-electron chi connectivity index (χ4n) is 3.75. The highest BCUT2D eigenvalue weighted by atomic mass is 35.5. The molecule has 1 saturated carbocycles. The second-order valence-corrected chi connectivity index (χ2v) is 7.86. The van der Waals surface area contributed by atoms with Crippen LogP contribution in [0.25, 0.3) is 0 Å². The molecule has 2 fully saturated rings. The van der Waals surface area contributed by atoms with Gasteiger partial charge < -0.3 is 10.6 Å². The third-order valence-electron chi connectivity index (χ3n) is 5.17. The van der Waals surface area contributed by atoms with E-state index in [4.69, 9.17) is 11.6 Å². The van der Waals surface area contributed by atoms with Crippen molar-refractivity contribution >= 4 is 35.3 Å². The van der Waals surface area contributed by atoms with Gasteiger partial charge in [-0.25, -0.2) is 9.78 Å². The molecule has 1 aliphatic carbocycles. The van der Waals surface area contributed by atoms with E-state index in [1.54, 1.807) is 12.1 Å². The number of nitrogens with zero attached hydrogens (tertiary/aromatic N) is 2. The van der Waals surface area contributed by atoms with Crippen LogP contribution in [0.3, 0.4) is 0 Å². The molecule has 3 N–H and O–H groups in total. The first kappa shape index (κ1) is 20.5. The Labute approximate surface area is 169 Å². The summed E-state index contributed by atoms with van der Waals surface area (Å²) in [5.74, 6) is -0.256. The molecular formula is C19H26ClN5O3. The second kappa shape index (κ2) is 9.84. The molecule has 152 valence electrons. The van der Waals surface area contributed by atoms with E-state index in [-0.39, 0.29) is 30.3 Å². The zero-order valence-corrected chi connectivity index (χ0v) is 16.5. The van der Waals surface area contributed by atoms with E-state index in [1.165, 1.54) is 6.20 Å². The Morgan fingerprint density at radius 1 is 1.14 bits per heavy atom. The molecular weight excluding hydrogens is 382 g/mol. The summed E-state index contributed by atoms with van der Waals surface area (Å²) in [6.07, 6.45) is 7.20. The Morgan fingerprint density at radius 2 is 1.93 bits per heavy atom. The summed E-state index contributed by atoms with van der Waals surface area (Å²) < 4.78 is 0. The first-order chi connectivity index (χ1) is 13.5. The molecule has 3 rings (SSSR count). The lowest BCUT2D eigenvalue weighted by atomic mass is 9.97. The summed E-state index contributed by atoms with van der Waals surface area (Å²) in [5.41, 5.74) is 0. The molecule has 1 saturated heterocycles. The number of anilines is 1. The minimum atomic E-state index is -0.433. The number of nitrogens with one attached hydrogen (secondary N) is 3. The highest BCUT2D eigenvalue weighted by molar-refractivity contribution is 6.30. The second-order valence-electron chi connectivity index (χ2n) is 7.43. The van der Waals surface area contributed by atoms with Crippen LogP contribution in [0.5, 0.6) is 0 Å². The van der Waals surface area contributed by atoms with E-state index in [1.807, 2.05) is 4.90 Å².